The Morgan fingerprint density at radius 3 is 2.50 bits per heavy atom. The summed E-state index contributed by atoms with van der Waals surface area (Å²) >= 11 is 0. The number of carbonyl (C=O) groups excluding carboxylic acids is 1. The standard InChI is InChI=1S/C10H21NO/c1-3-5-6-7-10(12)8-9-11-4-2/h11H,3-9H2,1-2H3. The second kappa shape index (κ2) is 8.72. The maximum absolute atomic E-state index is 11.2. The molecule has 72 valence electrons. The molecule has 0 saturated heterocycles. The van der Waals surface area contributed by atoms with E-state index in [1.807, 2.05) is 0 Å². The monoisotopic (exact) mass is 171 g/mol. The number of Topliss-reactive ketones (excluding diaryl/α,β-unsaturated/α-hetero) is 1. The van der Waals surface area contributed by atoms with Crippen LogP contribution in [0, 0.1) is 0 Å². The first-order chi connectivity index (χ1) is 5.81. The van der Waals surface area contributed by atoms with E-state index >= 15 is 0 Å². The van der Waals surface area contributed by atoms with Gasteiger partial charge in [-0.25, -0.2) is 0 Å². The molecule has 0 aliphatic rings. The van der Waals surface area contributed by atoms with Crippen LogP contribution >= 0.6 is 0 Å². The van der Waals surface area contributed by atoms with Gasteiger partial charge < -0.3 is 5.32 Å². The quantitative estimate of drug-likeness (QED) is 0.567. The van der Waals surface area contributed by atoms with E-state index in [0.29, 0.717) is 12.2 Å². The highest BCUT2D eigenvalue weighted by Gasteiger charge is 1.99. The van der Waals surface area contributed by atoms with Crippen molar-refractivity contribution in [3.63, 3.8) is 0 Å². The molecule has 0 bridgehead atoms. The van der Waals surface area contributed by atoms with Crippen molar-refractivity contribution in [2.75, 3.05) is 13.1 Å². The topological polar surface area (TPSA) is 29.1 Å². The van der Waals surface area contributed by atoms with E-state index in [0.717, 1.165) is 25.9 Å². The molecule has 0 aromatic rings. The summed E-state index contributed by atoms with van der Waals surface area (Å²) in [7, 11) is 0. The van der Waals surface area contributed by atoms with Crippen LogP contribution in [-0.2, 0) is 4.79 Å². The lowest BCUT2D eigenvalue weighted by Gasteiger charge is -2.00. The molecule has 0 aliphatic carbocycles. The fourth-order valence-electron chi connectivity index (χ4n) is 1.10. The molecule has 0 heterocycles. The van der Waals surface area contributed by atoms with E-state index < -0.39 is 0 Å². The zero-order valence-electron chi connectivity index (χ0n) is 8.36. The van der Waals surface area contributed by atoms with Crippen molar-refractivity contribution in [2.24, 2.45) is 0 Å². The van der Waals surface area contributed by atoms with Crippen molar-refractivity contribution < 1.29 is 4.79 Å². The Balaban J connectivity index is 3.10. The second-order valence-electron chi connectivity index (χ2n) is 3.10. The zero-order valence-corrected chi connectivity index (χ0v) is 8.36. The maximum Gasteiger partial charge on any atom is 0.134 e. The Morgan fingerprint density at radius 2 is 1.92 bits per heavy atom. The van der Waals surface area contributed by atoms with Gasteiger partial charge in [-0.15, -0.1) is 0 Å². The first kappa shape index (κ1) is 11.6. The molecule has 0 aliphatic heterocycles. The minimum absolute atomic E-state index is 0.407. The first-order valence-corrected chi connectivity index (χ1v) is 5.03. The van der Waals surface area contributed by atoms with Crippen LogP contribution in [0.2, 0.25) is 0 Å². The van der Waals surface area contributed by atoms with Gasteiger partial charge in [-0.2, -0.15) is 0 Å². The third-order valence-electron chi connectivity index (χ3n) is 1.89. The van der Waals surface area contributed by atoms with Gasteiger partial charge in [-0.05, 0) is 13.0 Å². The van der Waals surface area contributed by atoms with Crippen LogP contribution in [-0.4, -0.2) is 18.9 Å². The molecule has 0 aromatic carbocycles. The summed E-state index contributed by atoms with van der Waals surface area (Å²) in [6.07, 6.45) is 4.94. The Bertz CT molecular complexity index is 100. The summed E-state index contributed by atoms with van der Waals surface area (Å²) in [4.78, 5) is 11.2. The second-order valence-corrected chi connectivity index (χ2v) is 3.10. The summed E-state index contributed by atoms with van der Waals surface area (Å²) in [5.41, 5.74) is 0. The largest absolute Gasteiger partial charge is 0.317 e. The minimum atomic E-state index is 0.407. The number of carbonyl (C=O) groups is 1. The van der Waals surface area contributed by atoms with Crippen LogP contribution in [0.4, 0.5) is 0 Å². The van der Waals surface area contributed by atoms with Crippen LogP contribution in [0.15, 0.2) is 0 Å². The van der Waals surface area contributed by atoms with E-state index in [9.17, 15) is 4.79 Å². The number of hydrogen-bond donors (Lipinski definition) is 1. The normalized spacial score (nSPS) is 10.2. The lowest BCUT2D eigenvalue weighted by atomic mass is 10.1. The third-order valence-corrected chi connectivity index (χ3v) is 1.89. The van der Waals surface area contributed by atoms with Gasteiger partial charge in [-0.3, -0.25) is 4.79 Å². The lowest BCUT2D eigenvalue weighted by molar-refractivity contribution is -0.119. The third kappa shape index (κ3) is 7.73. The summed E-state index contributed by atoms with van der Waals surface area (Å²) in [5.74, 6) is 0.407. The smallest absolute Gasteiger partial charge is 0.134 e. The van der Waals surface area contributed by atoms with Gasteiger partial charge in [0, 0.05) is 19.4 Å². The van der Waals surface area contributed by atoms with Gasteiger partial charge in [0.25, 0.3) is 0 Å². The van der Waals surface area contributed by atoms with Crippen molar-refractivity contribution in [3.05, 3.63) is 0 Å². The number of hydrogen-bond acceptors (Lipinski definition) is 2. The molecule has 2 heteroatoms. The Kier molecular flexibility index (Phi) is 8.46. The molecule has 0 atom stereocenters. The van der Waals surface area contributed by atoms with Crippen molar-refractivity contribution in [1.82, 2.24) is 5.32 Å². The molecule has 1 N–H and O–H groups in total. The fraction of sp³-hybridized carbons (Fsp3) is 0.900. The lowest BCUT2D eigenvalue weighted by Crippen LogP contribution is -2.17. The Morgan fingerprint density at radius 1 is 1.17 bits per heavy atom. The summed E-state index contributed by atoms with van der Waals surface area (Å²) in [6.45, 7) is 6.02. The van der Waals surface area contributed by atoms with Crippen molar-refractivity contribution in [1.29, 1.82) is 0 Å². The number of unbranched alkanes of at least 4 members (excludes halogenated alkanes) is 2. The molecule has 2 nitrogen and oxygen atoms in total. The van der Waals surface area contributed by atoms with Gasteiger partial charge in [0.15, 0.2) is 0 Å². The molecule has 0 spiro atoms. The Labute approximate surface area is 75.7 Å². The van der Waals surface area contributed by atoms with Gasteiger partial charge in [0.2, 0.25) is 0 Å². The summed E-state index contributed by atoms with van der Waals surface area (Å²) < 4.78 is 0. The minimum Gasteiger partial charge on any atom is -0.317 e. The number of rotatable bonds is 8. The molecule has 0 radical (unpaired) electrons. The van der Waals surface area contributed by atoms with E-state index in [2.05, 4.69) is 19.2 Å². The van der Waals surface area contributed by atoms with Crippen molar-refractivity contribution >= 4 is 5.78 Å². The van der Waals surface area contributed by atoms with Gasteiger partial charge in [0.1, 0.15) is 5.78 Å². The summed E-state index contributed by atoms with van der Waals surface area (Å²) in [6, 6.07) is 0. The molecule has 0 rings (SSSR count). The van der Waals surface area contributed by atoms with Crippen LogP contribution < -0.4 is 5.32 Å². The molecular formula is C10H21NO. The number of ketones is 1. The molecular weight excluding hydrogens is 150 g/mol. The van der Waals surface area contributed by atoms with Crippen LogP contribution in [0.25, 0.3) is 0 Å². The molecule has 12 heavy (non-hydrogen) atoms. The first-order valence-electron chi connectivity index (χ1n) is 5.03. The zero-order chi connectivity index (χ0) is 9.23. The average molecular weight is 171 g/mol. The Hall–Kier alpha value is -0.370. The van der Waals surface area contributed by atoms with Gasteiger partial charge in [-0.1, -0.05) is 26.7 Å². The molecule has 0 fully saturated rings. The predicted molar refractivity (Wildman–Crippen MR) is 52.3 cm³/mol. The van der Waals surface area contributed by atoms with Crippen molar-refractivity contribution in [2.45, 2.75) is 46.0 Å². The van der Waals surface area contributed by atoms with Gasteiger partial charge in [0.05, 0.1) is 0 Å². The molecule has 0 aromatic heterocycles. The molecule has 0 unspecified atom stereocenters. The molecule has 0 amide bonds. The highest BCUT2D eigenvalue weighted by molar-refractivity contribution is 5.78. The maximum atomic E-state index is 11.2. The van der Waals surface area contributed by atoms with Crippen molar-refractivity contribution in [3.8, 4) is 0 Å². The van der Waals surface area contributed by atoms with E-state index in [1.165, 1.54) is 12.8 Å². The SMILES string of the molecule is CCCCCC(=O)CCNCC. The number of nitrogens with one attached hydrogen (secondary N) is 1. The van der Waals surface area contributed by atoms with Crippen LogP contribution in [0.5, 0.6) is 0 Å². The van der Waals surface area contributed by atoms with Gasteiger partial charge >= 0.3 is 0 Å². The fourth-order valence-corrected chi connectivity index (χ4v) is 1.10. The predicted octanol–water partition coefficient (Wildman–Crippen LogP) is 2.14. The average Bonchev–Trinajstić information content (AvgIpc) is 2.06. The van der Waals surface area contributed by atoms with E-state index in [-0.39, 0.29) is 0 Å². The highest BCUT2D eigenvalue weighted by Crippen LogP contribution is 2.00. The van der Waals surface area contributed by atoms with Crippen LogP contribution in [0.3, 0.4) is 0 Å². The molecule has 0 saturated carbocycles. The van der Waals surface area contributed by atoms with E-state index in [1.54, 1.807) is 0 Å². The van der Waals surface area contributed by atoms with Crippen LogP contribution in [0.1, 0.15) is 46.0 Å². The highest BCUT2D eigenvalue weighted by atomic mass is 16.1. The van der Waals surface area contributed by atoms with E-state index in [4.69, 9.17) is 0 Å². The summed E-state index contributed by atoms with van der Waals surface area (Å²) in [5, 5.41) is 3.15.